The number of carbonyl (C=O) groups excluding carboxylic acids is 1. The van der Waals surface area contributed by atoms with Crippen LogP contribution in [0.5, 0.6) is 17.2 Å². The van der Waals surface area contributed by atoms with Crippen molar-refractivity contribution in [2.45, 2.75) is 18.5 Å². The molecule has 1 aliphatic heterocycles. The first-order valence-corrected chi connectivity index (χ1v) is 8.81. The Hall–Kier alpha value is -2.48. The highest BCUT2D eigenvalue weighted by Gasteiger charge is 2.30. The molecule has 0 spiro atoms. The van der Waals surface area contributed by atoms with Crippen LogP contribution in [0.1, 0.15) is 18.0 Å². The SMILES string of the molecule is COc1cc(NC(=O)C2CC(c3cccc(Cl)c3)NN2)cc(OC)c1OC. The van der Waals surface area contributed by atoms with E-state index in [2.05, 4.69) is 16.2 Å². The summed E-state index contributed by atoms with van der Waals surface area (Å²) in [4.78, 5) is 12.7. The number of hydrogen-bond acceptors (Lipinski definition) is 6. The lowest BCUT2D eigenvalue weighted by atomic mass is 10.0. The topological polar surface area (TPSA) is 80.9 Å². The maximum Gasteiger partial charge on any atom is 0.242 e. The van der Waals surface area contributed by atoms with Crippen LogP contribution in [0.4, 0.5) is 5.69 Å². The van der Waals surface area contributed by atoms with Crippen LogP contribution in [0.2, 0.25) is 5.02 Å². The summed E-state index contributed by atoms with van der Waals surface area (Å²) in [5.74, 6) is 1.25. The molecule has 0 saturated carbocycles. The fourth-order valence-electron chi connectivity index (χ4n) is 3.05. The van der Waals surface area contributed by atoms with Gasteiger partial charge in [-0.3, -0.25) is 4.79 Å². The molecule has 8 heteroatoms. The number of hydrogen-bond donors (Lipinski definition) is 3. The van der Waals surface area contributed by atoms with Crippen molar-refractivity contribution in [1.29, 1.82) is 0 Å². The van der Waals surface area contributed by atoms with Gasteiger partial charge in [0.1, 0.15) is 6.04 Å². The summed E-state index contributed by atoms with van der Waals surface area (Å²) in [5, 5.41) is 3.55. The standard InChI is InChI=1S/C19H22ClN3O4/c1-25-16-8-13(9-17(26-2)18(16)27-3)21-19(24)15-10-14(22-23-15)11-5-4-6-12(20)7-11/h4-9,14-15,22-23H,10H2,1-3H3,(H,21,24). The van der Waals surface area contributed by atoms with Crippen LogP contribution in [0.15, 0.2) is 36.4 Å². The summed E-state index contributed by atoms with van der Waals surface area (Å²) in [6.07, 6.45) is 0.594. The average molecular weight is 392 g/mol. The first-order valence-electron chi connectivity index (χ1n) is 8.43. The first-order chi connectivity index (χ1) is 13.0. The molecule has 0 bridgehead atoms. The number of amides is 1. The maximum absolute atomic E-state index is 12.7. The molecule has 1 amide bonds. The van der Waals surface area contributed by atoms with Gasteiger partial charge < -0.3 is 19.5 Å². The highest BCUT2D eigenvalue weighted by molar-refractivity contribution is 6.30. The monoisotopic (exact) mass is 391 g/mol. The molecule has 0 radical (unpaired) electrons. The molecule has 1 heterocycles. The lowest BCUT2D eigenvalue weighted by molar-refractivity contribution is -0.117. The van der Waals surface area contributed by atoms with Gasteiger partial charge in [-0.2, -0.15) is 0 Å². The Labute approximate surface area is 162 Å². The molecule has 2 aromatic carbocycles. The molecule has 2 atom stereocenters. The second-order valence-corrected chi connectivity index (χ2v) is 6.52. The van der Waals surface area contributed by atoms with Gasteiger partial charge in [-0.15, -0.1) is 0 Å². The lowest BCUT2D eigenvalue weighted by Gasteiger charge is -2.16. The number of hydrazine groups is 1. The third-order valence-corrected chi connectivity index (χ3v) is 4.64. The van der Waals surface area contributed by atoms with Crippen molar-refractivity contribution in [3.8, 4) is 17.2 Å². The summed E-state index contributed by atoms with van der Waals surface area (Å²) in [6, 6.07) is 10.6. The lowest BCUT2D eigenvalue weighted by Crippen LogP contribution is -2.39. The van der Waals surface area contributed by atoms with Gasteiger partial charge in [0.25, 0.3) is 0 Å². The molecular weight excluding hydrogens is 370 g/mol. The van der Waals surface area contributed by atoms with Crippen molar-refractivity contribution in [1.82, 2.24) is 10.9 Å². The normalized spacial score (nSPS) is 18.8. The molecule has 144 valence electrons. The Bertz CT molecular complexity index is 805. The average Bonchev–Trinajstić information content (AvgIpc) is 3.17. The molecule has 27 heavy (non-hydrogen) atoms. The van der Waals surface area contributed by atoms with E-state index in [9.17, 15) is 4.79 Å². The molecule has 1 fully saturated rings. The van der Waals surface area contributed by atoms with Gasteiger partial charge in [0.15, 0.2) is 11.5 Å². The number of methoxy groups -OCH3 is 3. The number of nitrogens with one attached hydrogen (secondary N) is 3. The zero-order valence-electron chi connectivity index (χ0n) is 15.3. The van der Waals surface area contributed by atoms with E-state index in [0.717, 1.165) is 5.56 Å². The number of anilines is 1. The van der Waals surface area contributed by atoms with Gasteiger partial charge in [-0.1, -0.05) is 23.7 Å². The molecule has 1 saturated heterocycles. The van der Waals surface area contributed by atoms with Crippen LogP contribution in [-0.2, 0) is 4.79 Å². The Balaban J connectivity index is 1.71. The van der Waals surface area contributed by atoms with Gasteiger partial charge in [0, 0.05) is 28.9 Å². The minimum Gasteiger partial charge on any atom is -0.493 e. The quantitative estimate of drug-likeness (QED) is 0.702. The molecule has 0 aromatic heterocycles. The van der Waals surface area contributed by atoms with Gasteiger partial charge in [0.05, 0.1) is 21.3 Å². The summed E-state index contributed by atoms with van der Waals surface area (Å²) < 4.78 is 15.9. The number of halogens is 1. The van der Waals surface area contributed by atoms with Gasteiger partial charge in [-0.25, -0.2) is 10.9 Å². The number of carbonyl (C=O) groups is 1. The van der Waals surface area contributed by atoms with Crippen LogP contribution in [0, 0.1) is 0 Å². The van der Waals surface area contributed by atoms with Gasteiger partial charge in [-0.05, 0) is 24.1 Å². The zero-order chi connectivity index (χ0) is 19.4. The van der Waals surface area contributed by atoms with E-state index in [1.807, 2.05) is 24.3 Å². The predicted molar refractivity (Wildman–Crippen MR) is 104 cm³/mol. The summed E-state index contributed by atoms with van der Waals surface area (Å²) in [7, 11) is 4.59. The highest BCUT2D eigenvalue weighted by atomic mass is 35.5. The van der Waals surface area contributed by atoms with Crippen LogP contribution >= 0.6 is 11.6 Å². The summed E-state index contributed by atoms with van der Waals surface area (Å²) >= 11 is 6.05. The van der Waals surface area contributed by atoms with Crippen molar-refractivity contribution < 1.29 is 19.0 Å². The van der Waals surface area contributed by atoms with E-state index in [1.54, 1.807) is 12.1 Å². The van der Waals surface area contributed by atoms with Gasteiger partial charge in [0.2, 0.25) is 11.7 Å². The smallest absolute Gasteiger partial charge is 0.242 e. The first kappa shape index (κ1) is 19.3. The Morgan fingerprint density at radius 1 is 1.07 bits per heavy atom. The third kappa shape index (κ3) is 4.27. The van der Waals surface area contributed by atoms with Crippen molar-refractivity contribution in [3.63, 3.8) is 0 Å². The predicted octanol–water partition coefficient (Wildman–Crippen LogP) is 2.91. The molecule has 1 aliphatic rings. The fourth-order valence-corrected chi connectivity index (χ4v) is 3.25. The van der Waals surface area contributed by atoms with Crippen molar-refractivity contribution >= 4 is 23.2 Å². The Morgan fingerprint density at radius 3 is 2.37 bits per heavy atom. The minimum absolute atomic E-state index is 0.000565. The Kier molecular flexibility index (Phi) is 6.05. The Morgan fingerprint density at radius 2 is 1.78 bits per heavy atom. The molecule has 7 nitrogen and oxygen atoms in total. The van der Waals surface area contributed by atoms with Crippen molar-refractivity contribution in [2.24, 2.45) is 0 Å². The second kappa shape index (κ2) is 8.47. The molecule has 3 N–H and O–H groups in total. The number of ether oxygens (including phenoxy) is 3. The molecule has 3 rings (SSSR count). The van der Waals surface area contributed by atoms with E-state index in [4.69, 9.17) is 25.8 Å². The molecule has 0 aliphatic carbocycles. The highest BCUT2D eigenvalue weighted by Crippen LogP contribution is 2.40. The van der Waals surface area contributed by atoms with Crippen LogP contribution in [0.3, 0.4) is 0 Å². The number of rotatable bonds is 6. The van der Waals surface area contributed by atoms with Crippen LogP contribution < -0.4 is 30.4 Å². The van der Waals surface area contributed by atoms with Crippen LogP contribution in [0.25, 0.3) is 0 Å². The summed E-state index contributed by atoms with van der Waals surface area (Å²) in [5.41, 5.74) is 7.76. The van der Waals surface area contributed by atoms with Gasteiger partial charge >= 0.3 is 0 Å². The van der Waals surface area contributed by atoms with E-state index in [1.165, 1.54) is 21.3 Å². The second-order valence-electron chi connectivity index (χ2n) is 6.09. The van der Waals surface area contributed by atoms with Crippen molar-refractivity contribution in [3.05, 3.63) is 47.0 Å². The minimum atomic E-state index is -0.395. The molecule has 2 aromatic rings. The fraction of sp³-hybridized carbons (Fsp3) is 0.316. The maximum atomic E-state index is 12.7. The van der Waals surface area contributed by atoms with E-state index in [0.29, 0.717) is 34.4 Å². The van der Waals surface area contributed by atoms with E-state index in [-0.39, 0.29) is 11.9 Å². The van der Waals surface area contributed by atoms with E-state index < -0.39 is 6.04 Å². The third-order valence-electron chi connectivity index (χ3n) is 4.40. The summed E-state index contributed by atoms with van der Waals surface area (Å²) in [6.45, 7) is 0. The van der Waals surface area contributed by atoms with Crippen molar-refractivity contribution in [2.75, 3.05) is 26.6 Å². The van der Waals surface area contributed by atoms with Crippen LogP contribution in [-0.4, -0.2) is 33.3 Å². The largest absolute Gasteiger partial charge is 0.493 e. The zero-order valence-corrected chi connectivity index (χ0v) is 16.1. The van der Waals surface area contributed by atoms with E-state index >= 15 is 0 Å². The molecular formula is C19H22ClN3O4. The molecule has 2 unspecified atom stereocenters. The number of benzene rings is 2.